The molecule has 0 bridgehead atoms. The van der Waals surface area contributed by atoms with Crippen LogP contribution >= 0.6 is 11.6 Å². The number of nitrogens with two attached hydrogens (primary N) is 1. The van der Waals surface area contributed by atoms with Crippen molar-refractivity contribution in [3.8, 4) is 0 Å². The topological polar surface area (TPSA) is 71.2 Å². The Kier molecular flexibility index (Phi) is 3.33. The zero-order valence-electron chi connectivity index (χ0n) is 7.29. The average Bonchev–Trinajstić information content (AvgIpc) is 2.02. The van der Waals surface area contributed by atoms with Crippen LogP contribution in [0.15, 0.2) is 12.3 Å². The predicted octanol–water partition coefficient (Wildman–Crippen LogP) is 1.11. The molecule has 0 aliphatic heterocycles. The van der Waals surface area contributed by atoms with E-state index in [0.717, 1.165) is 0 Å². The zero-order chi connectivity index (χ0) is 9.84. The molecule has 0 aromatic carbocycles. The molecule has 0 fully saturated rings. The van der Waals surface area contributed by atoms with E-state index in [0.29, 0.717) is 23.1 Å². The molecular weight excluding hydrogens is 190 g/mol. The number of aliphatic hydroxyl groups excluding tert-OH is 1. The van der Waals surface area contributed by atoms with E-state index in [2.05, 4.69) is 10.3 Å². The van der Waals surface area contributed by atoms with Gasteiger partial charge in [-0.1, -0.05) is 11.6 Å². The van der Waals surface area contributed by atoms with Crippen molar-refractivity contribution in [3.63, 3.8) is 0 Å². The van der Waals surface area contributed by atoms with Crippen molar-refractivity contribution >= 4 is 23.1 Å². The summed E-state index contributed by atoms with van der Waals surface area (Å²) in [5.41, 5.74) is 5.98. The quantitative estimate of drug-likeness (QED) is 0.685. The maximum Gasteiger partial charge on any atom is 0.145 e. The molecule has 5 heteroatoms. The molecule has 1 rings (SSSR count). The van der Waals surface area contributed by atoms with Gasteiger partial charge in [-0.25, -0.2) is 4.98 Å². The number of hydrogen-bond acceptors (Lipinski definition) is 4. The SMILES string of the molecule is CC(O)CNc1ncc(N)cc1Cl. The van der Waals surface area contributed by atoms with Crippen LogP contribution in [0.4, 0.5) is 11.5 Å². The molecule has 1 atom stereocenters. The van der Waals surface area contributed by atoms with Gasteiger partial charge in [0.25, 0.3) is 0 Å². The second kappa shape index (κ2) is 4.30. The molecular formula is C8H12ClN3O. The van der Waals surface area contributed by atoms with Gasteiger partial charge in [-0.2, -0.15) is 0 Å². The smallest absolute Gasteiger partial charge is 0.145 e. The van der Waals surface area contributed by atoms with E-state index in [9.17, 15) is 0 Å². The zero-order valence-corrected chi connectivity index (χ0v) is 8.04. The van der Waals surface area contributed by atoms with Crippen molar-refractivity contribution < 1.29 is 5.11 Å². The monoisotopic (exact) mass is 201 g/mol. The average molecular weight is 202 g/mol. The van der Waals surface area contributed by atoms with Crippen molar-refractivity contribution in [2.24, 2.45) is 0 Å². The lowest BCUT2D eigenvalue weighted by Crippen LogP contribution is -2.16. The summed E-state index contributed by atoms with van der Waals surface area (Å²) in [6.45, 7) is 2.09. The Balaban J connectivity index is 2.67. The highest BCUT2D eigenvalue weighted by molar-refractivity contribution is 6.33. The highest BCUT2D eigenvalue weighted by Gasteiger charge is 2.02. The molecule has 0 radical (unpaired) electrons. The Morgan fingerprint density at radius 2 is 2.46 bits per heavy atom. The van der Waals surface area contributed by atoms with Gasteiger partial charge < -0.3 is 16.2 Å². The van der Waals surface area contributed by atoms with Gasteiger partial charge in [-0.3, -0.25) is 0 Å². The Morgan fingerprint density at radius 1 is 1.77 bits per heavy atom. The Morgan fingerprint density at radius 3 is 3.00 bits per heavy atom. The highest BCUT2D eigenvalue weighted by Crippen LogP contribution is 2.20. The van der Waals surface area contributed by atoms with Crippen LogP contribution in [0.3, 0.4) is 0 Å². The highest BCUT2D eigenvalue weighted by atomic mass is 35.5. The van der Waals surface area contributed by atoms with E-state index >= 15 is 0 Å². The number of aliphatic hydroxyl groups is 1. The number of halogens is 1. The number of hydrogen-bond donors (Lipinski definition) is 3. The standard InChI is InChI=1S/C8H12ClN3O/c1-5(13)3-11-8-7(9)2-6(10)4-12-8/h2,4-5,13H,3,10H2,1H3,(H,11,12). The molecule has 0 spiro atoms. The minimum Gasteiger partial charge on any atom is -0.397 e. The maximum absolute atomic E-state index is 9.00. The largest absolute Gasteiger partial charge is 0.397 e. The van der Waals surface area contributed by atoms with Gasteiger partial charge >= 0.3 is 0 Å². The third kappa shape index (κ3) is 3.08. The van der Waals surface area contributed by atoms with Gasteiger partial charge in [0.2, 0.25) is 0 Å². The van der Waals surface area contributed by atoms with E-state index in [1.807, 2.05) is 0 Å². The third-order valence-electron chi connectivity index (χ3n) is 1.43. The van der Waals surface area contributed by atoms with Crippen molar-refractivity contribution in [1.29, 1.82) is 0 Å². The van der Waals surface area contributed by atoms with Gasteiger partial charge in [0.1, 0.15) is 5.82 Å². The summed E-state index contributed by atoms with van der Waals surface area (Å²) in [7, 11) is 0. The molecule has 0 aliphatic carbocycles. The van der Waals surface area contributed by atoms with Crippen LogP contribution in [-0.2, 0) is 0 Å². The van der Waals surface area contributed by atoms with E-state index in [4.69, 9.17) is 22.4 Å². The lowest BCUT2D eigenvalue weighted by molar-refractivity contribution is 0.208. The lowest BCUT2D eigenvalue weighted by Gasteiger charge is -2.08. The summed E-state index contributed by atoms with van der Waals surface area (Å²) in [6.07, 6.45) is 1.08. The van der Waals surface area contributed by atoms with E-state index in [-0.39, 0.29) is 0 Å². The summed E-state index contributed by atoms with van der Waals surface area (Å²) in [5.74, 6) is 0.539. The molecule has 0 aliphatic rings. The Bertz CT molecular complexity index is 291. The molecule has 0 saturated carbocycles. The minimum atomic E-state index is -0.435. The fourth-order valence-electron chi connectivity index (χ4n) is 0.827. The normalized spacial score (nSPS) is 12.5. The molecule has 4 nitrogen and oxygen atoms in total. The Hall–Kier alpha value is -1.00. The van der Waals surface area contributed by atoms with Crippen molar-refractivity contribution in [2.45, 2.75) is 13.0 Å². The van der Waals surface area contributed by atoms with E-state index in [1.54, 1.807) is 13.0 Å². The minimum absolute atomic E-state index is 0.413. The molecule has 13 heavy (non-hydrogen) atoms. The molecule has 1 aromatic rings. The summed E-state index contributed by atoms with van der Waals surface area (Å²) in [5, 5.41) is 12.4. The van der Waals surface area contributed by atoms with Crippen LogP contribution in [0.5, 0.6) is 0 Å². The molecule has 1 unspecified atom stereocenters. The van der Waals surface area contributed by atoms with E-state index in [1.165, 1.54) is 6.20 Å². The van der Waals surface area contributed by atoms with Crippen molar-refractivity contribution in [2.75, 3.05) is 17.6 Å². The second-order valence-corrected chi connectivity index (χ2v) is 3.24. The van der Waals surface area contributed by atoms with Crippen LogP contribution in [0.1, 0.15) is 6.92 Å². The summed E-state index contributed by atoms with van der Waals surface area (Å²) < 4.78 is 0. The fourth-order valence-corrected chi connectivity index (χ4v) is 1.07. The van der Waals surface area contributed by atoms with E-state index < -0.39 is 6.10 Å². The summed E-state index contributed by atoms with van der Waals surface area (Å²) in [4.78, 5) is 3.97. The molecule has 72 valence electrons. The van der Waals surface area contributed by atoms with Gasteiger partial charge in [0.15, 0.2) is 0 Å². The van der Waals surface area contributed by atoms with Crippen LogP contribution in [-0.4, -0.2) is 22.7 Å². The first kappa shape index (κ1) is 10.1. The molecule has 0 saturated heterocycles. The number of rotatable bonds is 3. The number of aromatic nitrogens is 1. The first-order valence-electron chi connectivity index (χ1n) is 3.92. The van der Waals surface area contributed by atoms with Gasteiger partial charge in [0, 0.05) is 6.54 Å². The molecule has 4 N–H and O–H groups in total. The maximum atomic E-state index is 9.00. The molecule has 1 aromatic heterocycles. The summed E-state index contributed by atoms with van der Waals surface area (Å²) in [6, 6.07) is 1.61. The first-order valence-corrected chi connectivity index (χ1v) is 4.30. The van der Waals surface area contributed by atoms with Crippen molar-refractivity contribution in [1.82, 2.24) is 4.98 Å². The third-order valence-corrected chi connectivity index (χ3v) is 1.72. The number of nitrogens with zero attached hydrogens (tertiary/aromatic N) is 1. The summed E-state index contributed by atoms with van der Waals surface area (Å²) >= 11 is 5.83. The van der Waals surface area contributed by atoms with Crippen molar-refractivity contribution in [3.05, 3.63) is 17.3 Å². The lowest BCUT2D eigenvalue weighted by atomic mass is 10.4. The van der Waals surface area contributed by atoms with Crippen LogP contribution < -0.4 is 11.1 Å². The molecule has 1 heterocycles. The number of anilines is 2. The predicted molar refractivity (Wildman–Crippen MR) is 53.8 cm³/mol. The number of nitrogen functional groups attached to an aromatic ring is 1. The first-order chi connectivity index (χ1) is 6.09. The van der Waals surface area contributed by atoms with Crippen LogP contribution in [0.2, 0.25) is 5.02 Å². The van der Waals surface area contributed by atoms with Gasteiger partial charge in [-0.15, -0.1) is 0 Å². The second-order valence-electron chi connectivity index (χ2n) is 2.83. The Labute approximate surface area is 81.7 Å². The number of pyridine rings is 1. The van der Waals surface area contributed by atoms with Crippen LogP contribution in [0.25, 0.3) is 0 Å². The molecule has 0 amide bonds. The van der Waals surface area contributed by atoms with Crippen LogP contribution in [0, 0.1) is 0 Å². The number of nitrogens with one attached hydrogen (secondary N) is 1. The van der Waals surface area contributed by atoms with Gasteiger partial charge in [0.05, 0.1) is 23.0 Å². The fraction of sp³-hybridized carbons (Fsp3) is 0.375. The van der Waals surface area contributed by atoms with Gasteiger partial charge in [-0.05, 0) is 13.0 Å².